The minimum Gasteiger partial charge on any atom is -0.506 e. The van der Waals surface area contributed by atoms with E-state index in [1.54, 1.807) is 36.8 Å². The number of phenols is 1. The fourth-order valence-electron chi connectivity index (χ4n) is 5.56. The van der Waals surface area contributed by atoms with Crippen LogP contribution in [0.5, 0.6) is 17.5 Å². The van der Waals surface area contributed by atoms with Gasteiger partial charge in [-0.05, 0) is 61.4 Å². The fraction of sp³-hybridized carbons (Fsp3) is 0.310. The Kier molecular flexibility index (Phi) is 4.21. The first-order valence-electron chi connectivity index (χ1n) is 12.9. The molecule has 2 aliphatic rings. The molecule has 0 radical (unpaired) electrons. The van der Waals surface area contributed by atoms with Gasteiger partial charge in [0.1, 0.15) is 22.6 Å². The molecule has 0 unspecified atom stereocenters. The molecule has 1 aliphatic carbocycles. The molecule has 2 aromatic heterocycles. The third kappa shape index (κ3) is 3.19. The number of aryl methyl sites for hydroxylation is 1. The number of aromatic nitrogens is 3. The van der Waals surface area contributed by atoms with E-state index in [9.17, 15) is 5.11 Å². The van der Waals surface area contributed by atoms with Gasteiger partial charge in [0.25, 0.3) is 0 Å². The van der Waals surface area contributed by atoms with E-state index in [4.69, 9.17) is 17.2 Å². The van der Waals surface area contributed by atoms with Gasteiger partial charge in [-0.25, -0.2) is 9.98 Å². The number of hydrogen-bond acceptors (Lipinski definition) is 7. The summed E-state index contributed by atoms with van der Waals surface area (Å²) in [5, 5.41) is 11.0. The minimum absolute atomic E-state index is 0.0618. The molecule has 182 valence electrons. The zero-order chi connectivity index (χ0) is 27.1. The van der Waals surface area contributed by atoms with E-state index in [2.05, 4.69) is 15.0 Å². The van der Waals surface area contributed by atoms with Crippen molar-refractivity contribution in [2.24, 2.45) is 10.4 Å². The van der Waals surface area contributed by atoms with Crippen LogP contribution in [0.2, 0.25) is 0 Å². The summed E-state index contributed by atoms with van der Waals surface area (Å²) in [6.07, 6.45) is 3.07. The van der Waals surface area contributed by atoms with Crippen LogP contribution in [0.1, 0.15) is 52.7 Å². The summed E-state index contributed by atoms with van der Waals surface area (Å²) in [5.41, 5.74) is 0.448. The van der Waals surface area contributed by atoms with Gasteiger partial charge >= 0.3 is 6.01 Å². The van der Waals surface area contributed by atoms with Gasteiger partial charge in [-0.15, -0.1) is 0 Å². The molecule has 0 spiro atoms. The zero-order valence-corrected chi connectivity index (χ0v) is 20.8. The van der Waals surface area contributed by atoms with Crippen molar-refractivity contribution >= 4 is 16.8 Å². The van der Waals surface area contributed by atoms with Gasteiger partial charge in [0.15, 0.2) is 5.60 Å². The number of nitrogens with zero attached hydrogens (tertiary/aromatic N) is 4. The lowest BCUT2D eigenvalue weighted by atomic mass is 9.65. The number of benzene rings is 2. The van der Waals surface area contributed by atoms with E-state index < -0.39 is 22.9 Å². The van der Waals surface area contributed by atoms with Crippen molar-refractivity contribution in [1.82, 2.24) is 15.0 Å². The average Bonchev–Trinajstić information content (AvgIpc) is 3.27. The monoisotopic (exact) mass is 482 g/mol. The van der Waals surface area contributed by atoms with Gasteiger partial charge in [0.05, 0.1) is 0 Å². The Hall–Kier alpha value is -4.00. The summed E-state index contributed by atoms with van der Waals surface area (Å²) in [6, 6.07) is 12.7. The molecule has 4 aromatic rings. The number of ether oxygens (including phenoxy) is 2. The molecular weight excluding hydrogens is 452 g/mol. The Balaban J connectivity index is 1.40. The number of aromatic hydroxyl groups is 1. The van der Waals surface area contributed by atoms with Crippen LogP contribution in [0, 0.1) is 12.3 Å². The van der Waals surface area contributed by atoms with Gasteiger partial charge < -0.3 is 14.6 Å². The van der Waals surface area contributed by atoms with Crippen LogP contribution >= 0.6 is 0 Å². The van der Waals surface area contributed by atoms with Crippen molar-refractivity contribution in [2.75, 3.05) is 0 Å². The van der Waals surface area contributed by atoms with E-state index in [1.165, 1.54) is 0 Å². The number of hydrogen-bond donors (Lipinski definition) is 1. The van der Waals surface area contributed by atoms with Crippen molar-refractivity contribution in [2.45, 2.75) is 52.1 Å². The number of rotatable bonds is 3. The molecule has 7 heteroatoms. The van der Waals surface area contributed by atoms with Crippen LogP contribution in [0.15, 0.2) is 66.0 Å². The van der Waals surface area contributed by atoms with Gasteiger partial charge in [-0.2, -0.15) is 4.98 Å². The molecule has 1 N–H and O–H groups in total. The summed E-state index contributed by atoms with van der Waals surface area (Å²) in [4.78, 5) is 17.8. The van der Waals surface area contributed by atoms with Crippen molar-refractivity contribution in [1.29, 1.82) is 0 Å². The van der Waals surface area contributed by atoms with E-state index in [-0.39, 0.29) is 11.8 Å². The summed E-state index contributed by atoms with van der Waals surface area (Å²) in [5.74, 6) is 0.859. The largest absolute Gasteiger partial charge is 0.506 e. The molecule has 7 nitrogen and oxygen atoms in total. The first-order chi connectivity index (χ1) is 17.9. The topological polar surface area (TPSA) is 89.7 Å². The second-order valence-electron chi connectivity index (χ2n) is 10.6. The summed E-state index contributed by atoms with van der Waals surface area (Å²) in [7, 11) is 0. The summed E-state index contributed by atoms with van der Waals surface area (Å²) >= 11 is 0. The highest BCUT2D eigenvalue weighted by Gasteiger charge is 2.67. The quantitative estimate of drug-likeness (QED) is 0.393. The molecule has 0 amide bonds. The van der Waals surface area contributed by atoms with E-state index >= 15 is 0 Å². The van der Waals surface area contributed by atoms with Crippen molar-refractivity contribution in [3.05, 3.63) is 83.3 Å². The highest BCUT2D eigenvalue weighted by atomic mass is 16.5. The average molecular weight is 483 g/mol. The van der Waals surface area contributed by atoms with Crippen LogP contribution in [0.3, 0.4) is 0 Å². The molecular formula is C29H28N4O3. The molecule has 0 saturated heterocycles. The molecule has 2 aromatic carbocycles. The van der Waals surface area contributed by atoms with Gasteiger partial charge in [-0.3, -0.25) is 4.98 Å². The molecule has 3 heterocycles. The molecule has 0 bridgehead atoms. The first kappa shape index (κ1) is 20.2. The molecule has 6 rings (SSSR count). The molecule has 36 heavy (non-hydrogen) atoms. The van der Waals surface area contributed by atoms with Crippen molar-refractivity contribution in [3.63, 3.8) is 0 Å². The predicted molar refractivity (Wildman–Crippen MR) is 138 cm³/mol. The lowest BCUT2D eigenvalue weighted by Crippen LogP contribution is -2.52. The molecule has 0 fully saturated rings. The van der Waals surface area contributed by atoms with Crippen LogP contribution in [0.4, 0.5) is 0 Å². The fourth-order valence-corrected chi connectivity index (χ4v) is 5.56. The Morgan fingerprint density at radius 3 is 2.78 bits per heavy atom. The number of aliphatic imine (C=N–C) groups is 1. The van der Waals surface area contributed by atoms with E-state index in [1.807, 2.05) is 58.9 Å². The Bertz CT molecular complexity index is 1650. The van der Waals surface area contributed by atoms with Crippen LogP contribution in [-0.2, 0) is 16.7 Å². The highest BCUT2D eigenvalue weighted by molar-refractivity contribution is 5.97. The highest BCUT2D eigenvalue weighted by Crippen LogP contribution is 2.61. The van der Waals surface area contributed by atoms with Gasteiger partial charge in [0, 0.05) is 49.6 Å². The second-order valence-corrected chi connectivity index (χ2v) is 10.6. The zero-order valence-electron chi connectivity index (χ0n) is 22.8. The summed E-state index contributed by atoms with van der Waals surface area (Å²) < 4.78 is 30.9. The van der Waals surface area contributed by atoms with E-state index in [0.29, 0.717) is 33.7 Å². The third-order valence-corrected chi connectivity index (χ3v) is 6.97. The number of fused-ring (bicyclic) bond motifs is 4. The lowest BCUT2D eigenvalue weighted by molar-refractivity contribution is -0.0723. The third-order valence-electron chi connectivity index (χ3n) is 6.97. The van der Waals surface area contributed by atoms with Crippen molar-refractivity contribution < 1.29 is 17.3 Å². The van der Waals surface area contributed by atoms with E-state index in [0.717, 1.165) is 11.1 Å². The van der Waals surface area contributed by atoms with Gasteiger partial charge in [-0.1, -0.05) is 26.8 Å². The van der Waals surface area contributed by atoms with Crippen LogP contribution in [0.25, 0.3) is 10.9 Å². The number of phenolic OH excluding ortho intramolecular Hbond substituents is 1. The second kappa shape index (κ2) is 7.50. The lowest BCUT2D eigenvalue weighted by Gasteiger charge is -2.45. The minimum atomic E-state index is -1.81. The van der Waals surface area contributed by atoms with Gasteiger partial charge in [0.2, 0.25) is 5.90 Å². The summed E-state index contributed by atoms with van der Waals surface area (Å²) in [6.45, 7) is 9.85. The first-order valence-corrected chi connectivity index (χ1v) is 11.9. The molecule has 1 aliphatic heterocycles. The maximum atomic E-state index is 10.3. The normalized spacial score (nSPS) is 24.9. The Morgan fingerprint density at radius 1 is 1.14 bits per heavy atom. The predicted octanol–water partition coefficient (Wildman–Crippen LogP) is 5.86. The van der Waals surface area contributed by atoms with Crippen LogP contribution < -0.4 is 4.74 Å². The number of pyridine rings is 1. The molecule has 0 saturated carbocycles. The Labute approximate surface area is 212 Å². The maximum Gasteiger partial charge on any atom is 0.322 e. The smallest absolute Gasteiger partial charge is 0.322 e. The standard InChI is InChI=1S/C29H28N4O3/c1-17-11-19-16-31-26(32-24(19)23(34)12-17)35-21-8-6-7-18(13-21)25-33-28(5)14-20-15-30-10-9-22(20)29(28,36-25)27(2,3)4/h6-13,15-16,34H,14H2,1-5H3/t28-,29-/m0/s1/i14D2. The SMILES string of the molecule is [2H]C1([2H])c2cnccc2[C@@]2(C(C)(C)C)OC(c3cccc(Oc4ncc5cc(C)cc(O)c5n4)c3)=N[C@@]12C. The maximum absolute atomic E-state index is 10.3. The van der Waals surface area contributed by atoms with Crippen LogP contribution in [-0.4, -0.2) is 31.5 Å². The Morgan fingerprint density at radius 2 is 1.97 bits per heavy atom. The molecule has 2 atom stereocenters. The van der Waals surface area contributed by atoms with Crippen molar-refractivity contribution in [3.8, 4) is 17.5 Å².